The Labute approximate surface area is 109 Å². The number of hydrogen-bond acceptors (Lipinski definition) is 0. The van der Waals surface area contributed by atoms with Crippen molar-refractivity contribution in [1.29, 1.82) is 0 Å². The Morgan fingerprint density at radius 2 is 2.24 bits per heavy atom. The van der Waals surface area contributed by atoms with Gasteiger partial charge in [-0.2, -0.15) is 0 Å². The second-order valence-corrected chi connectivity index (χ2v) is 5.73. The summed E-state index contributed by atoms with van der Waals surface area (Å²) in [5.41, 5.74) is 6.37. The molecule has 0 heterocycles. The van der Waals surface area contributed by atoms with Gasteiger partial charge in [-0.1, -0.05) is 48.7 Å². The fourth-order valence-electron chi connectivity index (χ4n) is 3.62. The van der Waals surface area contributed by atoms with Crippen LogP contribution in [-0.4, -0.2) is 0 Å². The number of halogens is 1. The average molecular weight is 247 g/mol. The lowest BCUT2D eigenvalue weighted by molar-refractivity contribution is 0.680. The van der Waals surface area contributed by atoms with Crippen molar-refractivity contribution in [2.75, 3.05) is 0 Å². The van der Waals surface area contributed by atoms with Crippen molar-refractivity contribution < 1.29 is 0 Å². The van der Waals surface area contributed by atoms with Crippen molar-refractivity contribution in [2.45, 2.75) is 33.6 Å². The number of fused-ring (bicyclic) bond motifs is 1. The van der Waals surface area contributed by atoms with Crippen molar-refractivity contribution in [3.63, 3.8) is 0 Å². The lowest BCUT2D eigenvalue weighted by Gasteiger charge is -2.26. The van der Waals surface area contributed by atoms with Crippen molar-refractivity contribution >= 4 is 11.6 Å². The summed E-state index contributed by atoms with van der Waals surface area (Å²) in [6.45, 7) is 6.58. The van der Waals surface area contributed by atoms with Gasteiger partial charge >= 0.3 is 0 Å². The van der Waals surface area contributed by atoms with Crippen molar-refractivity contribution in [1.82, 2.24) is 0 Å². The van der Waals surface area contributed by atoms with Gasteiger partial charge in [0.1, 0.15) is 0 Å². The van der Waals surface area contributed by atoms with Gasteiger partial charge < -0.3 is 0 Å². The normalized spacial score (nSPS) is 39.5. The van der Waals surface area contributed by atoms with Crippen LogP contribution in [0.3, 0.4) is 0 Å². The molecule has 90 valence electrons. The van der Waals surface area contributed by atoms with Gasteiger partial charge in [0.05, 0.1) is 0 Å². The molecule has 3 rings (SSSR count). The molecule has 0 bridgehead atoms. The van der Waals surface area contributed by atoms with Crippen molar-refractivity contribution in [2.24, 2.45) is 17.8 Å². The van der Waals surface area contributed by atoms with Crippen molar-refractivity contribution in [3.05, 3.63) is 45.6 Å². The molecule has 1 fully saturated rings. The van der Waals surface area contributed by atoms with E-state index in [1.165, 1.54) is 17.6 Å². The van der Waals surface area contributed by atoms with Crippen molar-refractivity contribution in [3.8, 4) is 0 Å². The Morgan fingerprint density at radius 3 is 2.88 bits per heavy atom. The maximum atomic E-state index is 6.49. The second kappa shape index (κ2) is 3.88. The monoisotopic (exact) mass is 246 g/mol. The zero-order valence-corrected chi connectivity index (χ0v) is 11.5. The van der Waals surface area contributed by atoms with Gasteiger partial charge in [-0.15, -0.1) is 0 Å². The zero-order chi connectivity index (χ0) is 12.2. The molecule has 0 nitrogen and oxygen atoms in total. The van der Waals surface area contributed by atoms with E-state index in [4.69, 9.17) is 11.6 Å². The number of allylic oxidation sites excluding steroid dienone is 8. The van der Waals surface area contributed by atoms with E-state index in [0.29, 0.717) is 11.8 Å². The Morgan fingerprint density at radius 1 is 1.47 bits per heavy atom. The van der Waals surface area contributed by atoms with Crippen LogP contribution in [0.4, 0.5) is 0 Å². The van der Waals surface area contributed by atoms with Gasteiger partial charge in [-0.05, 0) is 42.9 Å². The van der Waals surface area contributed by atoms with Crippen LogP contribution in [0, 0.1) is 17.8 Å². The quantitative estimate of drug-likeness (QED) is 0.603. The molecule has 3 aliphatic rings. The van der Waals surface area contributed by atoms with E-state index in [1.807, 2.05) is 13.0 Å². The molecule has 3 unspecified atom stereocenters. The molecule has 0 N–H and O–H groups in total. The van der Waals surface area contributed by atoms with Gasteiger partial charge in [0.15, 0.2) is 0 Å². The first-order valence-electron chi connectivity index (χ1n) is 6.66. The molecule has 0 aliphatic heterocycles. The largest absolute Gasteiger partial charge is 0.0862 e. The van der Waals surface area contributed by atoms with E-state index in [9.17, 15) is 0 Å². The first-order chi connectivity index (χ1) is 8.20. The predicted octanol–water partition coefficient (Wildman–Crippen LogP) is 4.99. The molecule has 1 heteroatoms. The third-order valence-corrected chi connectivity index (χ3v) is 4.77. The lowest BCUT2D eigenvalue weighted by atomic mass is 9.79. The number of hydrogen-bond donors (Lipinski definition) is 0. The van der Waals surface area contributed by atoms with Crippen LogP contribution < -0.4 is 0 Å². The van der Waals surface area contributed by atoms with Gasteiger partial charge in [-0.25, -0.2) is 0 Å². The van der Waals surface area contributed by atoms with Crippen LogP contribution in [0.15, 0.2) is 45.6 Å². The average Bonchev–Trinajstić information content (AvgIpc) is 2.85. The van der Waals surface area contributed by atoms with E-state index >= 15 is 0 Å². The molecule has 0 spiro atoms. The predicted molar refractivity (Wildman–Crippen MR) is 73.9 cm³/mol. The standard InChI is InChI=1S/C16H19Cl/c1-4-6-10-9(3)11-8-12-14(11)16(12)15(10)13(17)7-5-2/h5-7,9,12,16H,4,8H2,1-3H3/b7-5-,10-6+,15-13+. The molecule has 0 aromatic rings. The third kappa shape index (κ3) is 1.43. The topological polar surface area (TPSA) is 0 Å². The van der Waals surface area contributed by atoms with Gasteiger partial charge in [-0.3, -0.25) is 0 Å². The van der Waals surface area contributed by atoms with Gasteiger partial charge in [0.2, 0.25) is 0 Å². The SMILES string of the molecule is C\C=C/C(Cl)=C1/C(=C/CC)C(C)C2=C3C(C2)C31. The fraction of sp³-hybridized carbons (Fsp3) is 0.500. The molecule has 0 saturated heterocycles. The molecular formula is C16H19Cl. The summed E-state index contributed by atoms with van der Waals surface area (Å²) in [6, 6.07) is 0. The van der Waals surface area contributed by atoms with E-state index in [0.717, 1.165) is 17.4 Å². The molecule has 3 atom stereocenters. The molecule has 0 aromatic carbocycles. The molecule has 3 aliphatic carbocycles. The van der Waals surface area contributed by atoms with E-state index in [1.54, 1.807) is 11.1 Å². The summed E-state index contributed by atoms with van der Waals surface area (Å²) in [7, 11) is 0. The van der Waals surface area contributed by atoms with Crippen LogP contribution in [-0.2, 0) is 0 Å². The second-order valence-electron chi connectivity index (χ2n) is 5.32. The summed E-state index contributed by atoms with van der Waals surface area (Å²) in [5, 5.41) is 0.963. The highest BCUT2D eigenvalue weighted by Gasteiger charge is 2.60. The first-order valence-corrected chi connectivity index (χ1v) is 7.04. The summed E-state index contributed by atoms with van der Waals surface area (Å²) >= 11 is 6.49. The van der Waals surface area contributed by atoms with E-state index in [2.05, 4.69) is 26.0 Å². The molecule has 0 radical (unpaired) electrons. The van der Waals surface area contributed by atoms with Gasteiger partial charge in [0.25, 0.3) is 0 Å². The minimum atomic E-state index is 0.606. The fourth-order valence-corrected chi connectivity index (χ4v) is 3.97. The molecule has 1 saturated carbocycles. The molecule has 0 amide bonds. The molecule has 0 aromatic heterocycles. The van der Waals surface area contributed by atoms with Crippen LogP contribution in [0.1, 0.15) is 33.6 Å². The lowest BCUT2D eigenvalue weighted by Crippen LogP contribution is -2.12. The minimum Gasteiger partial charge on any atom is -0.0862 e. The van der Waals surface area contributed by atoms with E-state index < -0.39 is 0 Å². The Kier molecular flexibility index (Phi) is 2.59. The smallest absolute Gasteiger partial charge is 0.0443 e. The van der Waals surface area contributed by atoms with Crippen LogP contribution >= 0.6 is 11.6 Å². The molecular weight excluding hydrogens is 228 g/mol. The maximum absolute atomic E-state index is 6.49. The van der Waals surface area contributed by atoms with Crippen LogP contribution in [0.2, 0.25) is 0 Å². The van der Waals surface area contributed by atoms with Crippen LogP contribution in [0.25, 0.3) is 0 Å². The Balaban J connectivity index is 2.11. The summed E-state index contributed by atoms with van der Waals surface area (Å²) in [4.78, 5) is 0. The highest BCUT2D eigenvalue weighted by atomic mass is 35.5. The van der Waals surface area contributed by atoms with Gasteiger partial charge in [0, 0.05) is 16.9 Å². The highest BCUT2D eigenvalue weighted by Crippen LogP contribution is 2.71. The Bertz CT molecular complexity index is 488. The molecule has 17 heavy (non-hydrogen) atoms. The Hall–Kier alpha value is -0.750. The first kappa shape index (κ1) is 11.3. The summed E-state index contributed by atoms with van der Waals surface area (Å²) in [6.07, 6.45) is 8.90. The van der Waals surface area contributed by atoms with E-state index in [-0.39, 0.29) is 0 Å². The zero-order valence-electron chi connectivity index (χ0n) is 10.8. The third-order valence-electron chi connectivity index (χ3n) is 4.44. The summed E-state index contributed by atoms with van der Waals surface area (Å²) < 4.78 is 0. The maximum Gasteiger partial charge on any atom is 0.0443 e. The summed E-state index contributed by atoms with van der Waals surface area (Å²) in [5.74, 6) is 2.14. The van der Waals surface area contributed by atoms with Crippen LogP contribution in [0.5, 0.6) is 0 Å². The minimum absolute atomic E-state index is 0.606. The highest BCUT2D eigenvalue weighted by molar-refractivity contribution is 6.32. The number of rotatable bonds is 2.